The van der Waals surface area contributed by atoms with Gasteiger partial charge in [0.05, 0.1) is 6.04 Å². The summed E-state index contributed by atoms with van der Waals surface area (Å²) in [7, 11) is 0. The number of hydrogen-bond acceptors (Lipinski definition) is 4. The van der Waals surface area contributed by atoms with Gasteiger partial charge >= 0.3 is 0 Å². The van der Waals surface area contributed by atoms with Crippen molar-refractivity contribution in [1.82, 2.24) is 10.2 Å². The van der Waals surface area contributed by atoms with E-state index in [-0.39, 0.29) is 11.8 Å². The van der Waals surface area contributed by atoms with Crippen LogP contribution in [0.4, 0.5) is 5.69 Å². The van der Waals surface area contributed by atoms with Gasteiger partial charge in [0.25, 0.3) is 0 Å². The molecule has 1 rings (SSSR count). The summed E-state index contributed by atoms with van der Waals surface area (Å²) in [4.78, 5) is 14.6. The Morgan fingerprint density at radius 1 is 1.25 bits per heavy atom. The average Bonchev–Trinajstić information content (AvgIpc) is 2.47. The lowest BCUT2D eigenvalue weighted by molar-refractivity contribution is 0.0950. The third-order valence-electron chi connectivity index (χ3n) is 3.58. The van der Waals surface area contributed by atoms with Crippen molar-refractivity contribution in [3.05, 3.63) is 29.8 Å². The van der Waals surface area contributed by atoms with Crippen LogP contribution in [-0.4, -0.2) is 42.9 Å². The van der Waals surface area contributed by atoms with Crippen LogP contribution in [0.1, 0.15) is 37.6 Å². The number of nitrogens with zero attached hydrogens (tertiary/aromatic N) is 1. The molecule has 0 aliphatic heterocycles. The minimum absolute atomic E-state index is 0.118. The molecule has 0 bridgehead atoms. The van der Waals surface area contributed by atoms with Crippen LogP contribution in [0.25, 0.3) is 0 Å². The van der Waals surface area contributed by atoms with E-state index < -0.39 is 0 Å². The van der Waals surface area contributed by atoms with E-state index in [0.29, 0.717) is 11.3 Å². The number of anilines is 1. The monoisotopic (exact) mass is 277 g/mol. The van der Waals surface area contributed by atoms with E-state index in [4.69, 9.17) is 5.73 Å². The second-order valence-corrected chi connectivity index (χ2v) is 5.04. The number of benzene rings is 1. The normalized spacial score (nSPS) is 12.6. The lowest BCUT2D eigenvalue weighted by Crippen LogP contribution is -2.36. The zero-order valence-electron chi connectivity index (χ0n) is 12.9. The molecular formula is C16H27N3O. The van der Waals surface area contributed by atoms with Crippen molar-refractivity contribution in [1.29, 1.82) is 0 Å². The fraction of sp³-hybridized carbons (Fsp3) is 0.562. The van der Waals surface area contributed by atoms with Gasteiger partial charge in [-0.15, -0.1) is 0 Å². The number of nitrogens with two attached hydrogens (primary N) is 1. The second kappa shape index (κ2) is 8.72. The van der Waals surface area contributed by atoms with E-state index in [0.717, 1.165) is 32.6 Å². The predicted molar refractivity (Wildman–Crippen MR) is 85.1 cm³/mol. The fourth-order valence-electron chi connectivity index (χ4n) is 2.15. The minimum atomic E-state index is -0.157. The van der Waals surface area contributed by atoms with Crippen LogP contribution in [0.5, 0.6) is 0 Å². The Labute approximate surface area is 122 Å². The van der Waals surface area contributed by atoms with Crippen molar-refractivity contribution in [3.63, 3.8) is 0 Å². The van der Waals surface area contributed by atoms with E-state index in [2.05, 4.69) is 24.1 Å². The highest BCUT2D eigenvalue weighted by atomic mass is 16.1. The van der Waals surface area contributed by atoms with Crippen molar-refractivity contribution in [2.75, 3.05) is 31.9 Å². The first-order valence-corrected chi connectivity index (χ1v) is 7.44. The summed E-state index contributed by atoms with van der Waals surface area (Å²) in [6.45, 7) is 10.3. The van der Waals surface area contributed by atoms with Crippen LogP contribution in [0.15, 0.2) is 24.3 Å². The summed E-state index contributed by atoms with van der Waals surface area (Å²) in [6.07, 6.45) is 1.06. The number of ketones is 1. The fourth-order valence-corrected chi connectivity index (χ4v) is 2.15. The van der Waals surface area contributed by atoms with Gasteiger partial charge in [-0.25, -0.2) is 0 Å². The number of rotatable bonds is 9. The van der Waals surface area contributed by atoms with E-state index in [1.165, 1.54) is 0 Å². The molecule has 1 aromatic carbocycles. The van der Waals surface area contributed by atoms with Crippen LogP contribution in [0.3, 0.4) is 0 Å². The average molecular weight is 277 g/mol. The van der Waals surface area contributed by atoms with Gasteiger partial charge in [-0.1, -0.05) is 13.8 Å². The molecule has 0 saturated heterocycles. The molecule has 0 amide bonds. The molecule has 0 spiro atoms. The largest absolute Gasteiger partial charge is 0.399 e. The van der Waals surface area contributed by atoms with Crippen LogP contribution in [0, 0.1) is 0 Å². The molecule has 20 heavy (non-hydrogen) atoms. The molecule has 4 nitrogen and oxygen atoms in total. The molecule has 0 heterocycles. The maximum Gasteiger partial charge on any atom is 0.179 e. The maximum atomic E-state index is 12.2. The van der Waals surface area contributed by atoms with Gasteiger partial charge in [-0.2, -0.15) is 0 Å². The summed E-state index contributed by atoms with van der Waals surface area (Å²) in [5, 5.41) is 3.29. The first kappa shape index (κ1) is 16.7. The zero-order chi connectivity index (χ0) is 15.0. The lowest BCUT2D eigenvalue weighted by atomic mass is 10.1. The molecule has 0 fully saturated rings. The molecule has 0 aliphatic rings. The first-order chi connectivity index (χ1) is 9.58. The van der Waals surface area contributed by atoms with Gasteiger partial charge < -0.3 is 16.0 Å². The Bertz CT molecular complexity index is 399. The molecule has 112 valence electrons. The number of hydrogen-bond donors (Lipinski definition) is 2. The maximum absolute atomic E-state index is 12.2. The van der Waals surface area contributed by atoms with Crippen molar-refractivity contribution < 1.29 is 4.79 Å². The molecule has 3 N–H and O–H groups in total. The third-order valence-corrected chi connectivity index (χ3v) is 3.58. The second-order valence-electron chi connectivity index (χ2n) is 5.04. The van der Waals surface area contributed by atoms with Gasteiger partial charge in [0.2, 0.25) is 0 Å². The van der Waals surface area contributed by atoms with Gasteiger partial charge in [0.1, 0.15) is 0 Å². The van der Waals surface area contributed by atoms with E-state index in [1.807, 2.05) is 6.92 Å². The van der Waals surface area contributed by atoms with Crippen LogP contribution >= 0.6 is 0 Å². The number of nitrogen functional groups attached to an aromatic ring is 1. The van der Waals surface area contributed by atoms with Crippen molar-refractivity contribution in [2.45, 2.75) is 33.2 Å². The highest BCUT2D eigenvalue weighted by Crippen LogP contribution is 2.08. The smallest absolute Gasteiger partial charge is 0.179 e. The highest BCUT2D eigenvalue weighted by molar-refractivity contribution is 6.00. The molecule has 1 atom stereocenters. The van der Waals surface area contributed by atoms with Crippen LogP contribution < -0.4 is 11.1 Å². The molecule has 0 aliphatic carbocycles. The molecule has 0 radical (unpaired) electrons. The summed E-state index contributed by atoms with van der Waals surface area (Å²) < 4.78 is 0. The van der Waals surface area contributed by atoms with Crippen molar-refractivity contribution in [2.24, 2.45) is 0 Å². The number of carbonyl (C=O) groups is 1. The molecule has 0 aromatic heterocycles. The van der Waals surface area contributed by atoms with E-state index in [1.54, 1.807) is 24.3 Å². The summed E-state index contributed by atoms with van der Waals surface area (Å²) in [6, 6.07) is 6.94. The molecule has 1 aromatic rings. The SMILES string of the molecule is CCN(CC)CCCNC(C)C(=O)c1ccc(N)cc1. The molecular weight excluding hydrogens is 250 g/mol. The minimum Gasteiger partial charge on any atom is -0.399 e. The van der Waals surface area contributed by atoms with E-state index >= 15 is 0 Å². The Balaban J connectivity index is 2.33. The Hall–Kier alpha value is -1.39. The Kier molecular flexibility index (Phi) is 7.26. The summed E-state index contributed by atoms with van der Waals surface area (Å²) >= 11 is 0. The quantitative estimate of drug-likeness (QED) is 0.412. The van der Waals surface area contributed by atoms with Crippen molar-refractivity contribution >= 4 is 11.5 Å². The first-order valence-electron chi connectivity index (χ1n) is 7.44. The summed E-state index contributed by atoms with van der Waals surface area (Å²) in [5.41, 5.74) is 7.02. The summed E-state index contributed by atoms with van der Waals surface area (Å²) in [5.74, 6) is 0.118. The zero-order valence-corrected chi connectivity index (χ0v) is 12.9. The Morgan fingerprint density at radius 2 is 1.85 bits per heavy atom. The van der Waals surface area contributed by atoms with Gasteiger partial charge in [0.15, 0.2) is 5.78 Å². The van der Waals surface area contributed by atoms with Crippen LogP contribution in [0.2, 0.25) is 0 Å². The molecule has 1 unspecified atom stereocenters. The van der Waals surface area contributed by atoms with Gasteiger partial charge in [-0.05, 0) is 63.8 Å². The molecule has 0 saturated carbocycles. The van der Waals surface area contributed by atoms with E-state index in [9.17, 15) is 4.79 Å². The predicted octanol–water partition coefficient (Wildman–Crippen LogP) is 2.16. The number of nitrogens with one attached hydrogen (secondary N) is 1. The van der Waals surface area contributed by atoms with Gasteiger partial charge in [0, 0.05) is 11.3 Å². The number of Topliss-reactive ketones (excluding diaryl/α,β-unsaturated/α-hetero) is 1. The van der Waals surface area contributed by atoms with Gasteiger partial charge in [-0.3, -0.25) is 4.79 Å². The Morgan fingerprint density at radius 3 is 2.40 bits per heavy atom. The lowest BCUT2D eigenvalue weighted by Gasteiger charge is -2.19. The number of carbonyl (C=O) groups excluding carboxylic acids is 1. The van der Waals surface area contributed by atoms with Crippen molar-refractivity contribution in [3.8, 4) is 0 Å². The van der Waals surface area contributed by atoms with Crippen LogP contribution in [-0.2, 0) is 0 Å². The molecule has 4 heteroatoms. The standard InChI is InChI=1S/C16H27N3O/c1-4-19(5-2)12-6-11-18-13(3)16(20)14-7-9-15(17)10-8-14/h7-10,13,18H,4-6,11-12,17H2,1-3H3. The third kappa shape index (κ3) is 5.31. The highest BCUT2D eigenvalue weighted by Gasteiger charge is 2.14. The topological polar surface area (TPSA) is 58.4 Å².